The number of rotatable bonds is 5. The molecule has 0 aromatic carbocycles. The van der Waals surface area contributed by atoms with Crippen molar-refractivity contribution in [2.45, 2.75) is 25.2 Å². The number of carbonyl (C=O) groups is 1. The van der Waals surface area contributed by atoms with Crippen molar-refractivity contribution in [1.82, 2.24) is 15.1 Å². The van der Waals surface area contributed by atoms with Gasteiger partial charge in [-0.1, -0.05) is 0 Å². The Labute approximate surface area is 95.2 Å². The van der Waals surface area contributed by atoms with Crippen LogP contribution in [0.3, 0.4) is 0 Å². The van der Waals surface area contributed by atoms with E-state index in [2.05, 4.69) is 10.4 Å². The van der Waals surface area contributed by atoms with E-state index in [1.54, 1.807) is 0 Å². The number of nitrogens with zero attached hydrogens (tertiary/aromatic N) is 2. The summed E-state index contributed by atoms with van der Waals surface area (Å²) >= 11 is 0. The molecule has 1 heterocycles. The summed E-state index contributed by atoms with van der Waals surface area (Å²) in [5.41, 5.74) is -0.839. The minimum atomic E-state index is -4.42. The number of alkyl halides is 3. The second-order valence-electron chi connectivity index (χ2n) is 3.46. The molecule has 1 rings (SSSR count). The number of aromatic nitrogens is 2. The number of likely N-dealkylation sites (N-methyl/N-ethyl adjacent to an activating group) is 1. The molecule has 17 heavy (non-hydrogen) atoms. The zero-order valence-electron chi connectivity index (χ0n) is 9.03. The van der Waals surface area contributed by atoms with Crippen LogP contribution in [0.2, 0.25) is 0 Å². The second-order valence-corrected chi connectivity index (χ2v) is 3.46. The molecular weight excluding hydrogens is 239 g/mol. The molecule has 1 atom stereocenters. The predicted octanol–water partition coefficient (Wildman–Crippen LogP) is 0.965. The van der Waals surface area contributed by atoms with Crippen molar-refractivity contribution in [1.29, 1.82) is 0 Å². The molecule has 0 aliphatic rings. The fourth-order valence-electron chi connectivity index (χ4n) is 1.28. The summed E-state index contributed by atoms with van der Waals surface area (Å²) < 4.78 is 37.8. The Bertz CT molecular complexity index is 389. The molecule has 0 bridgehead atoms. The van der Waals surface area contributed by atoms with Crippen molar-refractivity contribution >= 4 is 5.97 Å². The van der Waals surface area contributed by atoms with Crippen LogP contribution in [0.15, 0.2) is 12.4 Å². The van der Waals surface area contributed by atoms with Crippen LogP contribution in [0.1, 0.15) is 12.0 Å². The van der Waals surface area contributed by atoms with Crippen LogP contribution in [-0.4, -0.2) is 33.9 Å². The van der Waals surface area contributed by atoms with E-state index in [-0.39, 0.29) is 13.0 Å². The van der Waals surface area contributed by atoms with Crippen molar-refractivity contribution in [3.8, 4) is 0 Å². The first-order chi connectivity index (χ1) is 7.84. The molecule has 1 unspecified atom stereocenters. The Hall–Kier alpha value is -1.57. The lowest BCUT2D eigenvalue weighted by Gasteiger charge is -2.10. The zero-order chi connectivity index (χ0) is 13.1. The molecule has 2 N–H and O–H groups in total. The molecule has 0 radical (unpaired) electrons. The van der Waals surface area contributed by atoms with Crippen molar-refractivity contribution in [3.63, 3.8) is 0 Å². The van der Waals surface area contributed by atoms with E-state index < -0.39 is 23.8 Å². The molecule has 1 aromatic heterocycles. The van der Waals surface area contributed by atoms with Crippen LogP contribution < -0.4 is 5.32 Å². The standard InChI is InChI=1S/C9H12F3N3O2/c1-13-7(8(16)17)2-3-15-5-6(4-14-15)9(10,11)12/h4-5,7,13H,2-3H2,1H3,(H,16,17). The van der Waals surface area contributed by atoms with E-state index in [9.17, 15) is 18.0 Å². The highest BCUT2D eigenvalue weighted by atomic mass is 19.4. The number of carboxylic acid groups (broad SMARTS) is 1. The van der Waals surface area contributed by atoms with Gasteiger partial charge in [0.2, 0.25) is 0 Å². The van der Waals surface area contributed by atoms with E-state index in [1.165, 1.54) is 7.05 Å². The fraction of sp³-hybridized carbons (Fsp3) is 0.556. The minimum absolute atomic E-state index is 0.105. The van der Waals surface area contributed by atoms with Crippen molar-refractivity contribution in [3.05, 3.63) is 18.0 Å². The van der Waals surface area contributed by atoms with Crippen molar-refractivity contribution in [2.75, 3.05) is 7.05 Å². The van der Waals surface area contributed by atoms with Gasteiger partial charge < -0.3 is 10.4 Å². The molecule has 8 heteroatoms. The molecule has 0 fully saturated rings. The monoisotopic (exact) mass is 251 g/mol. The minimum Gasteiger partial charge on any atom is -0.480 e. The van der Waals surface area contributed by atoms with Crippen LogP contribution in [-0.2, 0) is 17.5 Å². The average Bonchev–Trinajstić information content (AvgIpc) is 2.66. The van der Waals surface area contributed by atoms with E-state index >= 15 is 0 Å². The average molecular weight is 251 g/mol. The number of hydrogen-bond acceptors (Lipinski definition) is 3. The van der Waals surface area contributed by atoms with Gasteiger partial charge in [0.15, 0.2) is 0 Å². The maximum absolute atomic E-state index is 12.2. The number of halogens is 3. The maximum atomic E-state index is 12.2. The number of nitrogens with one attached hydrogen (secondary N) is 1. The van der Waals surface area contributed by atoms with Crippen LogP contribution in [0.5, 0.6) is 0 Å². The van der Waals surface area contributed by atoms with Gasteiger partial charge in [0.05, 0.1) is 11.8 Å². The van der Waals surface area contributed by atoms with E-state index in [0.717, 1.165) is 17.1 Å². The molecular formula is C9H12F3N3O2. The summed E-state index contributed by atoms with van der Waals surface area (Å²) in [7, 11) is 1.48. The van der Waals surface area contributed by atoms with Crippen LogP contribution in [0.25, 0.3) is 0 Å². The van der Waals surface area contributed by atoms with E-state index in [1.807, 2.05) is 0 Å². The zero-order valence-corrected chi connectivity index (χ0v) is 9.03. The largest absolute Gasteiger partial charge is 0.480 e. The van der Waals surface area contributed by atoms with Gasteiger partial charge in [-0.3, -0.25) is 9.48 Å². The van der Waals surface area contributed by atoms with Gasteiger partial charge in [0, 0.05) is 12.7 Å². The predicted molar refractivity (Wildman–Crippen MR) is 52.3 cm³/mol. The summed E-state index contributed by atoms with van der Waals surface area (Å²) in [6.45, 7) is 0.105. The number of aryl methyl sites for hydroxylation is 1. The Morgan fingerprint density at radius 1 is 1.65 bits per heavy atom. The van der Waals surface area contributed by atoms with Crippen LogP contribution >= 0.6 is 0 Å². The Morgan fingerprint density at radius 3 is 2.71 bits per heavy atom. The molecule has 0 saturated carbocycles. The van der Waals surface area contributed by atoms with Gasteiger partial charge in [-0.25, -0.2) is 0 Å². The number of hydrogen-bond donors (Lipinski definition) is 2. The van der Waals surface area contributed by atoms with Gasteiger partial charge >= 0.3 is 12.1 Å². The van der Waals surface area contributed by atoms with Gasteiger partial charge in [0.1, 0.15) is 6.04 Å². The van der Waals surface area contributed by atoms with Crippen molar-refractivity contribution in [2.24, 2.45) is 0 Å². The normalized spacial score (nSPS) is 13.6. The molecule has 96 valence electrons. The van der Waals surface area contributed by atoms with Gasteiger partial charge in [-0.05, 0) is 13.5 Å². The lowest BCUT2D eigenvalue weighted by molar-refractivity contribution is -0.140. The van der Waals surface area contributed by atoms with Gasteiger partial charge in [-0.2, -0.15) is 18.3 Å². The molecule has 0 saturated heterocycles. The molecule has 5 nitrogen and oxygen atoms in total. The molecule has 1 aromatic rings. The smallest absolute Gasteiger partial charge is 0.419 e. The topological polar surface area (TPSA) is 67.2 Å². The lowest BCUT2D eigenvalue weighted by atomic mass is 10.2. The first-order valence-corrected chi connectivity index (χ1v) is 4.84. The number of aliphatic carboxylic acids is 1. The quantitative estimate of drug-likeness (QED) is 0.818. The first kappa shape index (κ1) is 13.5. The summed E-state index contributed by atoms with van der Waals surface area (Å²) in [6.07, 6.45) is -2.69. The Balaban J connectivity index is 2.58. The summed E-state index contributed by atoms with van der Waals surface area (Å²) in [5.74, 6) is -1.05. The van der Waals surface area contributed by atoms with Crippen LogP contribution in [0.4, 0.5) is 13.2 Å². The highest BCUT2D eigenvalue weighted by molar-refractivity contribution is 5.73. The highest BCUT2D eigenvalue weighted by Crippen LogP contribution is 2.28. The Kier molecular flexibility index (Phi) is 4.11. The van der Waals surface area contributed by atoms with Gasteiger partial charge in [-0.15, -0.1) is 0 Å². The van der Waals surface area contributed by atoms with Crippen molar-refractivity contribution < 1.29 is 23.1 Å². The second kappa shape index (κ2) is 5.17. The third-order valence-electron chi connectivity index (χ3n) is 2.25. The van der Waals surface area contributed by atoms with Gasteiger partial charge in [0.25, 0.3) is 0 Å². The third kappa shape index (κ3) is 3.74. The summed E-state index contributed by atoms with van der Waals surface area (Å²) in [4.78, 5) is 10.6. The molecule has 0 amide bonds. The molecule has 0 spiro atoms. The van der Waals surface area contributed by atoms with Crippen LogP contribution in [0, 0.1) is 0 Å². The lowest BCUT2D eigenvalue weighted by Crippen LogP contribution is -2.34. The first-order valence-electron chi connectivity index (χ1n) is 4.84. The van der Waals surface area contributed by atoms with E-state index in [0.29, 0.717) is 0 Å². The van der Waals surface area contributed by atoms with E-state index in [4.69, 9.17) is 5.11 Å². The fourth-order valence-corrected chi connectivity index (χ4v) is 1.28. The Morgan fingerprint density at radius 2 is 2.29 bits per heavy atom. The SMILES string of the molecule is CNC(CCn1cc(C(F)(F)F)cn1)C(=O)O. The maximum Gasteiger partial charge on any atom is 0.419 e. The number of carboxylic acids is 1. The summed E-state index contributed by atoms with van der Waals surface area (Å²) in [6, 6.07) is -0.798. The summed E-state index contributed by atoms with van der Waals surface area (Å²) in [5, 5.41) is 14.8. The molecule has 0 aliphatic carbocycles. The highest BCUT2D eigenvalue weighted by Gasteiger charge is 2.32. The third-order valence-corrected chi connectivity index (χ3v) is 2.25. The molecule has 0 aliphatic heterocycles.